The van der Waals surface area contributed by atoms with Gasteiger partial charge in [-0.25, -0.2) is 8.42 Å². The summed E-state index contributed by atoms with van der Waals surface area (Å²) in [6.45, 7) is 5.18. The Kier molecular flexibility index (Phi) is 6.36. The van der Waals surface area contributed by atoms with Gasteiger partial charge in [0.2, 0.25) is 10.0 Å². The van der Waals surface area contributed by atoms with Crippen LogP contribution < -0.4 is 5.32 Å². The van der Waals surface area contributed by atoms with Crippen LogP contribution in [0.25, 0.3) is 0 Å². The first-order valence-electron chi connectivity index (χ1n) is 9.67. The molecule has 7 heteroatoms. The second-order valence-corrected chi connectivity index (χ2v) is 9.72. The van der Waals surface area contributed by atoms with E-state index in [9.17, 15) is 13.2 Å². The number of rotatable bonds is 5. The average Bonchev–Trinajstić information content (AvgIpc) is 2.69. The van der Waals surface area contributed by atoms with Crippen LogP contribution in [0.15, 0.2) is 53.4 Å². The van der Waals surface area contributed by atoms with E-state index in [2.05, 4.69) is 25.2 Å². The molecule has 2 aromatic carbocycles. The zero-order valence-electron chi connectivity index (χ0n) is 16.6. The van der Waals surface area contributed by atoms with Gasteiger partial charge in [-0.05, 0) is 60.2 Å². The second-order valence-electron chi connectivity index (χ2n) is 7.78. The number of benzene rings is 2. The normalized spacial score (nSPS) is 20.0. The molecule has 1 heterocycles. The van der Waals surface area contributed by atoms with E-state index in [1.165, 1.54) is 24.3 Å². The van der Waals surface area contributed by atoms with E-state index >= 15 is 0 Å². The number of carbonyl (C=O) groups is 1. The number of nitrogens with zero attached hydrogens (tertiary/aromatic N) is 2. The Morgan fingerprint density at radius 2 is 1.66 bits per heavy atom. The topological polar surface area (TPSA) is 90.3 Å². The SMILES string of the molecule is CC1CC(C)CN(S(=O)(=O)c2ccc(C(=O)Nc3ccc(CC#N)cc3)cc2)C1. The molecule has 0 bridgehead atoms. The molecular weight excluding hydrogens is 386 g/mol. The van der Waals surface area contributed by atoms with Gasteiger partial charge in [0.05, 0.1) is 17.4 Å². The monoisotopic (exact) mass is 411 g/mol. The molecule has 29 heavy (non-hydrogen) atoms. The lowest BCUT2D eigenvalue weighted by Crippen LogP contribution is -2.42. The Balaban J connectivity index is 1.70. The van der Waals surface area contributed by atoms with Gasteiger partial charge in [-0.2, -0.15) is 9.57 Å². The maximum Gasteiger partial charge on any atom is 0.255 e. The molecule has 0 aromatic heterocycles. The number of amides is 1. The third-order valence-corrected chi connectivity index (χ3v) is 6.93. The average molecular weight is 412 g/mol. The number of sulfonamides is 1. The van der Waals surface area contributed by atoms with Crippen molar-refractivity contribution < 1.29 is 13.2 Å². The molecule has 0 radical (unpaired) electrons. The molecule has 1 amide bonds. The molecule has 3 rings (SSSR count). The number of hydrogen-bond donors (Lipinski definition) is 1. The molecule has 0 spiro atoms. The number of carbonyl (C=O) groups excluding carboxylic acids is 1. The Bertz CT molecular complexity index is 999. The van der Waals surface area contributed by atoms with Crippen molar-refractivity contribution in [3.05, 3.63) is 59.7 Å². The second kappa shape index (κ2) is 8.76. The third-order valence-electron chi connectivity index (χ3n) is 5.08. The molecule has 1 aliphatic heterocycles. The van der Waals surface area contributed by atoms with Crippen LogP contribution in [0.1, 0.15) is 36.2 Å². The number of nitrogens with one attached hydrogen (secondary N) is 1. The summed E-state index contributed by atoms with van der Waals surface area (Å²) in [4.78, 5) is 12.7. The van der Waals surface area contributed by atoms with E-state index < -0.39 is 10.0 Å². The fourth-order valence-corrected chi connectivity index (χ4v) is 5.41. The summed E-state index contributed by atoms with van der Waals surface area (Å²) in [5.74, 6) is 0.346. The van der Waals surface area contributed by atoms with Crippen LogP contribution in [0.2, 0.25) is 0 Å². The van der Waals surface area contributed by atoms with Crippen LogP contribution >= 0.6 is 0 Å². The summed E-state index contributed by atoms with van der Waals surface area (Å²) in [6, 6.07) is 15.2. The standard InChI is InChI=1S/C22H25N3O3S/c1-16-13-17(2)15-25(14-16)29(27,28)21-9-5-19(6-10-21)22(26)24-20-7-3-18(4-8-20)11-12-23/h3-10,16-17H,11,13-15H2,1-2H3,(H,24,26). The van der Waals surface area contributed by atoms with Crippen LogP contribution in [-0.2, 0) is 16.4 Å². The molecule has 2 aromatic rings. The molecule has 2 unspecified atom stereocenters. The predicted molar refractivity (Wildman–Crippen MR) is 112 cm³/mol. The molecule has 2 atom stereocenters. The van der Waals surface area contributed by atoms with Gasteiger partial charge >= 0.3 is 0 Å². The molecule has 1 aliphatic rings. The number of piperidine rings is 1. The van der Waals surface area contributed by atoms with Crippen molar-refractivity contribution in [2.24, 2.45) is 11.8 Å². The quantitative estimate of drug-likeness (QED) is 0.813. The highest BCUT2D eigenvalue weighted by Crippen LogP contribution is 2.26. The Labute approximate surface area is 172 Å². The van der Waals surface area contributed by atoms with Crippen LogP contribution in [0, 0.1) is 23.2 Å². The zero-order valence-corrected chi connectivity index (χ0v) is 17.4. The first-order chi connectivity index (χ1) is 13.8. The van der Waals surface area contributed by atoms with Crippen molar-refractivity contribution in [2.75, 3.05) is 18.4 Å². The minimum Gasteiger partial charge on any atom is -0.322 e. The summed E-state index contributed by atoms with van der Waals surface area (Å²) in [6.07, 6.45) is 1.35. The van der Waals surface area contributed by atoms with Crippen LogP contribution in [-0.4, -0.2) is 31.7 Å². The van der Waals surface area contributed by atoms with Gasteiger partial charge in [0.15, 0.2) is 0 Å². The first-order valence-corrected chi connectivity index (χ1v) is 11.1. The van der Waals surface area contributed by atoms with Gasteiger partial charge in [0.1, 0.15) is 0 Å². The zero-order chi connectivity index (χ0) is 21.0. The molecule has 0 aliphatic carbocycles. The van der Waals surface area contributed by atoms with E-state index in [-0.39, 0.29) is 10.8 Å². The van der Waals surface area contributed by atoms with Crippen LogP contribution in [0.4, 0.5) is 5.69 Å². The number of anilines is 1. The van der Waals surface area contributed by atoms with Crippen molar-refractivity contribution in [3.8, 4) is 6.07 Å². The van der Waals surface area contributed by atoms with Gasteiger partial charge in [-0.15, -0.1) is 0 Å². The summed E-state index contributed by atoms with van der Waals surface area (Å²) < 4.78 is 27.4. The largest absolute Gasteiger partial charge is 0.322 e. The molecule has 152 valence electrons. The highest BCUT2D eigenvalue weighted by Gasteiger charge is 2.31. The Morgan fingerprint density at radius 1 is 1.07 bits per heavy atom. The maximum atomic E-state index is 12.9. The molecule has 1 N–H and O–H groups in total. The minimum atomic E-state index is -3.56. The molecule has 0 saturated carbocycles. The summed E-state index contributed by atoms with van der Waals surface area (Å²) >= 11 is 0. The molecule has 1 saturated heterocycles. The van der Waals surface area contributed by atoms with Crippen molar-refractivity contribution >= 4 is 21.6 Å². The lowest BCUT2D eigenvalue weighted by atomic mass is 9.94. The maximum absolute atomic E-state index is 12.9. The van der Waals surface area contributed by atoms with Crippen molar-refractivity contribution in [3.63, 3.8) is 0 Å². The van der Waals surface area contributed by atoms with Gasteiger partial charge in [0.25, 0.3) is 5.91 Å². The van der Waals surface area contributed by atoms with Crippen molar-refractivity contribution in [2.45, 2.75) is 31.6 Å². The molecular formula is C22H25N3O3S. The fraction of sp³-hybridized carbons (Fsp3) is 0.364. The number of nitriles is 1. The lowest BCUT2D eigenvalue weighted by Gasteiger charge is -2.34. The van der Waals surface area contributed by atoms with Gasteiger partial charge < -0.3 is 5.32 Å². The summed E-state index contributed by atoms with van der Waals surface area (Å²) in [5.41, 5.74) is 1.87. The minimum absolute atomic E-state index is 0.205. The Morgan fingerprint density at radius 3 is 2.21 bits per heavy atom. The van der Waals surface area contributed by atoms with E-state index in [1.807, 2.05) is 0 Å². The van der Waals surface area contributed by atoms with Gasteiger partial charge in [0, 0.05) is 24.3 Å². The molecule has 6 nitrogen and oxygen atoms in total. The fourth-order valence-electron chi connectivity index (χ4n) is 3.73. The van der Waals surface area contributed by atoms with Gasteiger partial charge in [-0.3, -0.25) is 4.79 Å². The summed E-state index contributed by atoms with van der Waals surface area (Å²) in [5, 5.41) is 11.5. The van der Waals surface area contributed by atoms with Crippen LogP contribution in [0.3, 0.4) is 0 Å². The predicted octanol–water partition coefficient (Wildman–Crippen LogP) is 3.67. The smallest absolute Gasteiger partial charge is 0.255 e. The highest BCUT2D eigenvalue weighted by molar-refractivity contribution is 7.89. The van der Waals surface area contributed by atoms with Gasteiger partial charge in [-0.1, -0.05) is 26.0 Å². The van der Waals surface area contributed by atoms with E-state index in [0.29, 0.717) is 42.6 Å². The van der Waals surface area contributed by atoms with Crippen LogP contribution in [0.5, 0.6) is 0 Å². The van der Waals surface area contributed by atoms with E-state index in [0.717, 1.165) is 12.0 Å². The first kappa shape index (κ1) is 21.0. The number of hydrogen-bond acceptors (Lipinski definition) is 4. The van der Waals surface area contributed by atoms with E-state index in [4.69, 9.17) is 5.26 Å². The lowest BCUT2D eigenvalue weighted by molar-refractivity contribution is 0.102. The van der Waals surface area contributed by atoms with Crippen molar-refractivity contribution in [1.29, 1.82) is 5.26 Å². The third kappa shape index (κ3) is 5.03. The van der Waals surface area contributed by atoms with Crippen molar-refractivity contribution in [1.82, 2.24) is 4.31 Å². The highest BCUT2D eigenvalue weighted by atomic mass is 32.2. The Hall–Kier alpha value is -2.69. The van der Waals surface area contributed by atoms with E-state index in [1.54, 1.807) is 28.6 Å². The summed E-state index contributed by atoms with van der Waals surface area (Å²) in [7, 11) is -3.56. The molecule has 1 fully saturated rings.